The second-order valence-electron chi connectivity index (χ2n) is 5.81. The maximum Gasteiger partial charge on any atom is 0.221 e. The third-order valence-electron chi connectivity index (χ3n) is 3.85. The summed E-state index contributed by atoms with van der Waals surface area (Å²) in [4.78, 5) is 28.0. The Bertz CT molecular complexity index is 805. The second kappa shape index (κ2) is 6.16. The second-order valence-corrected chi connectivity index (χ2v) is 5.81. The van der Waals surface area contributed by atoms with Crippen molar-refractivity contribution in [1.82, 2.24) is 4.98 Å². The van der Waals surface area contributed by atoms with E-state index in [9.17, 15) is 9.59 Å². The molecule has 4 heteroatoms. The summed E-state index contributed by atoms with van der Waals surface area (Å²) < 4.78 is 0. The van der Waals surface area contributed by atoms with Crippen LogP contribution in [0.1, 0.15) is 40.5 Å². The zero-order valence-electron chi connectivity index (χ0n) is 13.2. The van der Waals surface area contributed by atoms with E-state index in [-0.39, 0.29) is 11.7 Å². The van der Waals surface area contributed by atoms with Crippen molar-refractivity contribution in [2.75, 3.05) is 5.32 Å². The van der Waals surface area contributed by atoms with Crippen LogP contribution in [-0.4, -0.2) is 16.7 Å². The molecule has 1 aromatic carbocycles. The Morgan fingerprint density at radius 3 is 2.65 bits per heavy atom. The maximum absolute atomic E-state index is 12.6. The summed E-state index contributed by atoms with van der Waals surface area (Å²) in [5, 5.41) is 2.73. The zero-order valence-corrected chi connectivity index (χ0v) is 13.2. The van der Waals surface area contributed by atoms with Crippen LogP contribution in [0.3, 0.4) is 0 Å². The quantitative estimate of drug-likeness (QED) is 0.863. The highest BCUT2D eigenvalue weighted by atomic mass is 16.1. The van der Waals surface area contributed by atoms with Gasteiger partial charge in [-0.3, -0.25) is 14.6 Å². The predicted octanol–water partition coefficient (Wildman–Crippen LogP) is 3.56. The maximum atomic E-state index is 12.6. The van der Waals surface area contributed by atoms with Gasteiger partial charge in [-0.05, 0) is 55.2 Å². The van der Waals surface area contributed by atoms with Gasteiger partial charge in [0.1, 0.15) is 0 Å². The van der Waals surface area contributed by atoms with E-state index in [1.807, 2.05) is 49.5 Å². The molecule has 1 amide bonds. The summed E-state index contributed by atoms with van der Waals surface area (Å²) in [6, 6.07) is 9.38. The molecule has 1 aromatic heterocycles. The number of hydrogen-bond acceptors (Lipinski definition) is 3. The average Bonchev–Trinajstić information content (AvgIpc) is 2.52. The number of nitrogens with one attached hydrogen (secondary N) is 1. The molecule has 0 saturated heterocycles. The number of aryl methyl sites for hydroxylation is 2. The number of carbonyl (C=O) groups is 2. The first-order valence-corrected chi connectivity index (χ1v) is 7.61. The molecule has 4 nitrogen and oxygen atoms in total. The largest absolute Gasteiger partial charge is 0.326 e. The molecule has 2 aromatic rings. The van der Waals surface area contributed by atoms with E-state index in [1.165, 1.54) is 6.92 Å². The van der Waals surface area contributed by atoms with E-state index in [1.54, 1.807) is 0 Å². The average molecular weight is 306 g/mol. The molecule has 0 unspecified atom stereocenters. The molecule has 0 saturated carbocycles. The number of fused-ring (bicyclic) bond motifs is 1. The van der Waals surface area contributed by atoms with Gasteiger partial charge in [0, 0.05) is 29.9 Å². The van der Waals surface area contributed by atoms with Crippen molar-refractivity contribution >= 4 is 23.5 Å². The summed E-state index contributed by atoms with van der Waals surface area (Å²) in [6.45, 7) is 3.42. The van der Waals surface area contributed by atoms with Gasteiger partial charge in [0.05, 0.1) is 5.69 Å². The predicted molar refractivity (Wildman–Crippen MR) is 90.3 cm³/mol. The lowest BCUT2D eigenvalue weighted by molar-refractivity contribution is -0.114. The minimum absolute atomic E-state index is 0.0633. The molecule has 1 aliphatic rings. The molecular formula is C19H18N2O2. The van der Waals surface area contributed by atoms with Gasteiger partial charge in [0.25, 0.3) is 0 Å². The lowest BCUT2D eigenvalue weighted by Gasteiger charge is -2.17. The summed E-state index contributed by atoms with van der Waals surface area (Å²) in [5.74, 6) is -0.0357. The Labute approximate surface area is 135 Å². The lowest BCUT2D eigenvalue weighted by atomic mass is 9.88. The molecule has 116 valence electrons. The fourth-order valence-corrected chi connectivity index (χ4v) is 2.74. The molecule has 0 radical (unpaired) electrons. The van der Waals surface area contributed by atoms with Crippen molar-refractivity contribution < 1.29 is 9.59 Å². The number of benzene rings is 1. The monoisotopic (exact) mass is 306 g/mol. The van der Waals surface area contributed by atoms with Gasteiger partial charge < -0.3 is 5.32 Å². The standard InChI is InChI=1S/C19H18N2O2/c1-12-9-17-18(20-11-12)8-5-15(19(17)23)10-14-3-6-16(7-4-14)21-13(2)22/h3-4,6-7,9-11H,5,8H2,1-2H3,(H,21,22)/b15-10+. The van der Waals surface area contributed by atoms with Crippen molar-refractivity contribution in [2.45, 2.75) is 26.7 Å². The molecule has 1 N–H and O–H groups in total. The Morgan fingerprint density at radius 2 is 1.96 bits per heavy atom. The zero-order chi connectivity index (χ0) is 16.4. The number of nitrogens with zero attached hydrogens (tertiary/aromatic N) is 1. The van der Waals surface area contributed by atoms with Gasteiger partial charge in [-0.2, -0.15) is 0 Å². The molecule has 0 atom stereocenters. The molecule has 1 heterocycles. The molecule has 1 aliphatic carbocycles. The lowest BCUT2D eigenvalue weighted by Crippen LogP contribution is -2.15. The summed E-state index contributed by atoms with van der Waals surface area (Å²) in [5.41, 5.74) is 5.11. The highest BCUT2D eigenvalue weighted by Gasteiger charge is 2.22. The number of hydrogen-bond donors (Lipinski definition) is 1. The number of pyridine rings is 1. The number of amides is 1. The first-order chi connectivity index (χ1) is 11.0. The van der Waals surface area contributed by atoms with E-state index in [0.29, 0.717) is 6.42 Å². The minimum atomic E-state index is -0.0990. The van der Waals surface area contributed by atoms with Gasteiger partial charge in [-0.15, -0.1) is 0 Å². The van der Waals surface area contributed by atoms with Crippen LogP contribution in [0.25, 0.3) is 6.08 Å². The Hall–Kier alpha value is -2.75. The van der Waals surface area contributed by atoms with Crippen molar-refractivity contribution in [2.24, 2.45) is 0 Å². The molecule has 0 spiro atoms. The SMILES string of the molecule is CC(=O)Nc1ccc(/C=C2\CCc3ncc(C)cc3C2=O)cc1. The molecule has 23 heavy (non-hydrogen) atoms. The van der Waals surface area contributed by atoms with E-state index >= 15 is 0 Å². The topological polar surface area (TPSA) is 59.1 Å². The fraction of sp³-hybridized carbons (Fsp3) is 0.211. The minimum Gasteiger partial charge on any atom is -0.326 e. The van der Waals surface area contributed by atoms with Gasteiger partial charge >= 0.3 is 0 Å². The van der Waals surface area contributed by atoms with Crippen molar-refractivity contribution in [3.63, 3.8) is 0 Å². The van der Waals surface area contributed by atoms with Crippen molar-refractivity contribution in [3.05, 3.63) is 64.5 Å². The first-order valence-electron chi connectivity index (χ1n) is 7.61. The highest BCUT2D eigenvalue weighted by Crippen LogP contribution is 2.26. The van der Waals surface area contributed by atoms with Crippen LogP contribution in [0, 0.1) is 6.92 Å². The number of carbonyl (C=O) groups excluding carboxylic acids is 2. The third-order valence-corrected chi connectivity index (χ3v) is 3.85. The fourth-order valence-electron chi connectivity index (χ4n) is 2.74. The number of rotatable bonds is 2. The Kier molecular flexibility index (Phi) is 4.06. The highest BCUT2D eigenvalue weighted by molar-refractivity contribution is 6.13. The summed E-state index contributed by atoms with van der Waals surface area (Å²) in [7, 11) is 0. The van der Waals surface area contributed by atoms with Gasteiger partial charge in [0.2, 0.25) is 5.91 Å². The summed E-state index contributed by atoms with van der Waals surface area (Å²) >= 11 is 0. The number of ketones is 1. The molecule has 0 aliphatic heterocycles. The van der Waals surface area contributed by atoms with E-state index in [4.69, 9.17) is 0 Å². The molecule has 0 bridgehead atoms. The molecular weight excluding hydrogens is 288 g/mol. The smallest absolute Gasteiger partial charge is 0.221 e. The van der Waals surface area contributed by atoms with Gasteiger partial charge in [0.15, 0.2) is 5.78 Å². The van der Waals surface area contributed by atoms with Crippen LogP contribution in [0.2, 0.25) is 0 Å². The third kappa shape index (κ3) is 3.37. The van der Waals surface area contributed by atoms with Crippen molar-refractivity contribution in [1.29, 1.82) is 0 Å². The van der Waals surface area contributed by atoms with Crippen LogP contribution in [0.15, 0.2) is 42.1 Å². The van der Waals surface area contributed by atoms with Gasteiger partial charge in [-0.1, -0.05) is 12.1 Å². The van der Waals surface area contributed by atoms with Crippen molar-refractivity contribution in [3.8, 4) is 0 Å². The van der Waals surface area contributed by atoms with E-state index < -0.39 is 0 Å². The number of anilines is 1. The van der Waals surface area contributed by atoms with Crippen LogP contribution in [-0.2, 0) is 11.2 Å². The summed E-state index contributed by atoms with van der Waals surface area (Å²) in [6.07, 6.45) is 5.22. The van der Waals surface area contributed by atoms with Crippen LogP contribution in [0.5, 0.6) is 0 Å². The first kappa shape index (κ1) is 15.2. The number of Topliss-reactive ketones (excluding diaryl/α,β-unsaturated/α-hetero) is 1. The number of allylic oxidation sites excluding steroid dienone is 1. The van der Waals surface area contributed by atoms with E-state index in [2.05, 4.69) is 10.3 Å². The van der Waals surface area contributed by atoms with Gasteiger partial charge in [-0.25, -0.2) is 0 Å². The van der Waals surface area contributed by atoms with Crippen LogP contribution in [0.4, 0.5) is 5.69 Å². The van der Waals surface area contributed by atoms with E-state index in [0.717, 1.165) is 40.1 Å². The molecule has 3 rings (SSSR count). The Balaban J connectivity index is 1.86. The number of aromatic nitrogens is 1. The normalized spacial score (nSPS) is 15.4. The van der Waals surface area contributed by atoms with Crippen LogP contribution >= 0.6 is 0 Å². The molecule has 0 fully saturated rings. The Morgan fingerprint density at radius 1 is 1.22 bits per heavy atom. The van der Waals surface area contributed by atoms with Crippen LogP contribution < -0.4 is 5.32 Å².